The molecule has 1 nitrogen and oxygen atoms in total. The number of hydrogen-bond acceptors (Lipinski definition) is 1. The Bertz CT molecular complexity index is 327. The first-order valence-electron chi connectivity index (χ1n) is 3.64. The second kappa shape index (κ2) is 4.57. The number of anilines is 1. The van der Waals surface area contributed by atoms with Crippen molar-refractivity contribution in [2.45, 2.75) is 6.18 Å². The zero-order chi connectivity index (χ0) is 10.8. The maximum atomic E-state index is 11.8. The molecule has 0 saturated heterocycles. The van der Waals surface area contributed by atoms with Gasteiger partial charge in [0.25, 0.3) is 0 Å². The summed E-state index contributed by atoms with van der Waals surface area (Å²) in [5, 5.41) is 2.68. The second-order valence-corrected chi connectivity index (χ2v) is 4.17. The number of alkyl halides is 3. The van der Waals surface area contributed by atoms with Crippen molar-refractivity contribution in [3.63, 3.8) is 0 Å². The van der Waals surface area contributed by atoms with Crippen molar-refractivity contribution in [2.24, 2.45) is 0 Å². The summed E-state index contributed by atoms with van der Waals surface area (Å²) in [7, 11) is 0. The Labute approximate surface area is 97.8 Å². The average molecular weight is 335 g/mol. The van der Waals surface area contributed by atoms with Gasteiger partial charge >= 0.3 is 6.18 Å². The minimum atomic E-state index is -4.21. The number of halogens is 5. The highest BCUT2D eigenvalue weighted by Gasteiger charge is 2.26. The van der Waals surface area contributed by atoms with Crippen LogP contribution in [0.15, 0.2) is 18.2 Å². The van der Waals surface area contributed by atoms with E-state index in [1.165, 1.54) is 6.07 Å². The number of rotatable bonds is 2. The summed E-state index contributed by atoms with van der Waals surface area (Å²) in [6.45, 7) is -1.05. The Kier molecular flexibility index (Phi) is 3.88. The highest BCUT2D eigenvalue weighted by Crippen LogP contribution is 2.23. The SMILES string of the molecule is FC(F)(F)CNc1ccc(I)c(Cl)c1. The molecule has 14 heavy (non-hydrogen) atoms. The van der Waals surface area contributed by atoms with Gasteiger partial charge in [0.2, 0.25) is 0 Å². The largest absolute Gasteiger partial charge is 0.405 e. The van der Waals surface area contributed by atoms with Gasteiger partial charge in [0, 0.05) is 9.26 Å². The molecular weight excluding hydrogens is 329 g/mol. The topological polar surface area (TPSA) is 12.0 Å². The summed E-state index contributed by atoms with van der Waals surface area (Å²) >= 11 is 7.74. The van der Waals surface area contributed by atoms with Gasteiger partial charge in [-0.05, 0) is 40.8 Å². The van der Waals surface area contributed by atoms with Crippen LogP contribution in [0.2, 0.25) is 5.02 Å². The first-order chi connectivity index (χ1) is 6.38. The fourth-order valence-electron chi connectivity index (χ4n) is 0.808. The zero-order valence-corrected chi connectivity index (χ0v) is 9.74. The molecule has 0 bridgehead atoms. The molecule has 0 atom stereocenters. The van der Waals surface area contributed by atoms with Gasteiger partial charge in [-0.15, -0.1) is 0 Å². The molecule has 0 unspecified atom stereocenters. The molecule has 6 heteroatoms. The Morgan fingerprint density at radius 1 is 1.36 bits per heavy atom. The Morgan fingerprint density at radius 2 is 2.00 bits per heavy atom. The standard InChI is InChI=1S/C8H6ClF3IN/c9-6-3-5(1-2-7(6)13)14-4-8(10,11)12/h1-3,14H,4H2. The van der Waals surface area contributed by atoms with Crippen molar-refractivity contribution in [1.82, 2.24) is 0 Å². The third-order valence-corrected chi connectivity index (χ3v) is 2.98. The molecule has 0 aliphatic rings. The van der Waals surface area contributed by atoms with Crippen molar-refractivity contribution in [3.8, 4) is 0 Å². The van der Waals surface area contributed by atoms with E-state index in [0.717, 1.165) is 3.57 Å². The Hall–Kier alpha value is -0.170. The molecule has 1 aromatic rings. The average Bonchev–Trinajstić information content (AvgIpc) is 2.06. The van der Waals surface area contributed by atoms with E-state index >= 15 is 0 Å². The first-order valence-corrected chi connectivity index (χ1v) is 5.10. The van der Waals surface area contributed by atoms with Crippen LogP contribution in [0.25, 0.3) is 0 Å². The second-order valence-electron chi connectivity index (χ2n) is 2.60. The van der Waals surface area contributed by atoms with Crippen molar-refractivity contribution >= 4 is 39.9 Å². The normalized spacial score (nSPS) is 11.5. The third-order valence-electron chi connectivity index (χ3n) is 1.41. The van der Waals surface area contributed by atoms with Crippen LogP contribution in [0, 0.1) is 3.57 Å². The molecule has 0 radical (unpaired) electrons. The maximum absolute atomic E-state index is 11.8. The summed E-state index contributed by atoms with van der Waals surface area (Å²) in [4.78, 5) is 0. The van der Waals surface area contributed by atoms with E-state index in [2.05, 4.69) is 5.32 Å². The van der Waals surface area contributed by atoms with E-state index in [1.807, 2.05) is 22.6 Å². The molecule has 0 aromatic heterocycles. The van der Waals surface area contributed by atoms with E-state index < -0.39 is 12.7 Å². The van der Waals surface area contributed by atoms with E-state index in [1.54, 1.807) is 12.1 Å². The van der Waals surface area contributed by atoms with Gasteiger partial charge in [-0.1, -0.05) is 11.6 Å². The monoisotopic (exact) mass is 335 g/mol. The smallest absolute Gasteiger partial charge is 0.376 e. The summed E-state index contributed by atoms with van der Waals surface area (Å²) in [5.41, 5.74) is 0.368. The van der Waals surface area contributed by atoms with Crippen LogP contribution < -0.4 is 5.32 Å². The molecule has 1 aromatic carbocycles. The quantitative estimate of drug-likeness (QED) is 0.808. The lowest BCUT2D eigenvalue weighted by Gasteiger charge is -2.09. The molecule has 1 N–H and O–H groups in total. The van der Waals surface area contributed by atoms with Crippen LogP contribution in [-0.4, -0.2) is 12.7 Å². The van der Waals surface area contributed by atoms with Gasteiger partial charge in [-0.25, -0.2) is 0 Å². The molecule has 78 valence electrons. The highest BCUT2D eigenvalue weighted by molar-refractivity contribution is 14.1. The molecule has 0 aliphatic heterocycles. The van der Waals surface area contributed by atoms with Gasteiger partial charge in [-0.3, -0.25) is 0 Å². The third kappa shape index (κ3) is 3.91. The Balaban J connectivity index is 2.65. The first kappa shape index (κ1) is 11.9. The van der Waals surface area contributed by atoms with Crippen LogP contribution in [0.1, 0.15) is 0 Å². The van der Waals surface area contributed by atoms with Crippen molar-refractivity contribution in [3.05, 3.63) is 26.8 Å². The van der Waals surface area contributed by atoms with Crippen molar-refractivity contribution in [1.29, 1.82) is 0 Å². The van der Waals surface area contributed by atoms with Crippen LogP contribution >= 0.6 is 34.2 Å². The fraction of sp³-hybridized carbons (Fsp3) is 0.250. The highest BCUT2D eigenvalue weighted by atomic mass is 127. The van der Waals surface area contributed by atoms with Gasteiger partial charge in [0.15, 0.2) is 0 Å². The van der Waals surface area contributed by atoms with E-state index in [9.17, 15) is 13.2 Å². The number of nitrogens with one attached hydrogen (secondary N) is 1. The van der Waals surface area contributed by atoms with Crippen LogP contribution in [0.4, 0.5) is 18.9 Å². The summed E-state index contributed by atoms with van der Waals surface area (Å²) in [6.07, 6.45) is -4.21. The zero-order valence-electron chi connectivity index (χ0n) is 6.83. The lowest BCUT2D eigenvalue weighted by Crippen LogP contribution is -2.21. The summed E-state index contributed by atoms with van der Waals surface area (Å²) < 4.78 is 36.3. The molecule has 0 spiro atoms. The number of benzene rings is 1. The molecule has 0 saturated carbocycles. The van der Waals surface area contributed by atoms with E-state index in [-0.39, 0.29) is 0 Å². The predicted octanol–water partition coefficient (Wildman–Crippen LogP) is 3.92. The van der Waals surface area contributed by atoms with Crippen LogP contribution in [0.5, 0.6) is 0 Å². The Morgan fingerprint density at radius 3 is 2.50 bits per heavy atom. The molecule has 0 heterocycles. The minimum Gasteiger partial charge on any atom is -0.376 e. The van der Waals surface area contributed by atoms with E-state index in [0.29, 0.717) is 10.7 Å². The van der Waals surface area contributed by atoms with Crippen molar-refractivity contribution in [2.75, 3.05) is 11.9 Å². The molecule has 0 amide bonds. The molecule has 0 fully saturated rings. The predicted molar refractivity (Wildman–Crippen MR) is 58.7 cm³/mol. The van der Waals surface area contributed by atoms with Gasteiger partial charge < -0.3 is 5.32 Å². The lowest BCUT2D eigenvalue weighted by atomic mass is 10.3. The van der Waals surface area contributed by atoms with Gasteiger partial charge in [0.05, 0.1) is 5.02 Å². The van der Waals surface area contributed by atoms with Crippen molar-refractivity contribution < 1.29 is 13.2 Å². The maximum Gasteiger partial charge on any atom is 0.405 e. The molecular formula is C8H6ClF3IN. The van der Waals surface area contributed by atoms with Gasteiger partial charge in [-0.2, -0.15) is 13.2 Å². The lowest BCUT2D eigenvalue weighted by molar-refractivity contribution is -0.115. The summed E-state index contributed by atoms with van der Waals surface area (Å²) in [6, 6.07) is 4.68. The summed E-state index contributed by atoms with van der Waals surface area (Å²) in [5.74, 6) is 0. The molecule has 1 rings (SSSR count). The fourth-order valence-corrected chi connectivity index (χ4v) is 1.32. The minimum absolute atomic E-state index is 0.368. The van der Waals surface area contributed by atoms with Crippen LogP contribution in [0.3, 0.4) is 0 Å². The number of hydrogen-bond donors (Lipinski definition) is 1. The van der Waals surface area contributed by atoms with Crippen LogP contribution in [-0.2, 0) is 0 Å². The molecule has 0 aliphatic carbocycles. The van der Waals surface area contributed by atoms with Gasteiger partial charge in [0.1, 0.15) is 6.54 Å². The van der Waals surface area contributed by atoms with E-state index in [4.69, 9.17) is 11.6 Å².